The van der Waals surface area contributed by atoms with E-state index in [1.165, 1.54) is 4.90 Å². The van der Waals surface area contributed by atoms with E-state index in [0.29, 0.717) is 32.7 Å². The summed E-state index contributed by atoms with van der Waals surface area (Å²) < 4.78 is 8.74. The van der Waals surface area contributed by atoms with Crippen molar-refractivity contribution in [3.05, 3.63) is 56.4 Å². The van der Waals surface area contributed by atoms with Crippen LogP contribution in [-0.4, -0.2) is 34.8 Å². The SMILES string of the molecule is Cc1nc2c(OCc3c(Cl)ccc(N(C)C(=O)CNC(=O)C4CC4)c3Cl)cccn2c1Br.Cl. The number of nitrogens with one attached hydrogen (secondary N) is 1. The lowest BCUT2D eigenvalue weighted by Gasteiger charge is -2.21. The van der Waals surface area contributed by atoms with Gasteiger partial charge in [-0.2, -0.15) is 0 Å². The fraction of sp³-hybridized carbons (Fsp3) is 0.318. The van der Waals surface area contributed by atoms with Crippen molar-refractivity contribution in [1.29, 1.82) is 0 Å². The van der Waals surface area contributed by atoms with Crippen LogP contribution in [0.1, 0.15) is 24.1 Å². The van der Waals surface area contributed by atoms with Gasteiger partial charge in [-0.15, -0.1) is 12.4 Å². The van der Waals surface area contributed by atoms with Gasteiger partial charge < -0.3 is 15.0 Å². The van der Waals surface area contributed by atoms with Crippen molar-refractivity contribution in [2.45, 2.75) is 26.4 Å². The maximum Gasteiger partial charge on any atom is 0.246 e. The first-order valence-electron chi connectivity index (χ1n) is 10.0. The Bertz CT molecular complexity index is 1210. The molecule has 2 heterocycles. The van der Waals surface area contributed by atoms with E-state index in [-0.39, 0.29) is 43.3 Å². The number of hydrogen-bond acceptors (Lipinski definition) is 4. The number of anilines is 1. The monoisotopic (exact) mass is 574 g/mol. The zero-order chi connectivity index (χ0) is 23.0. The minimum Gasteiger partial charge on any atom is -0.485 e. The summed E-state index contributed by atoms with van der Waals surface area (Å²) in [5.41, 5.74) is 2.54. The first kappa shape index (κ1) is 25.6. The topological polar surface area (TPSA) is 75.9 Å². The third kappa shape index (κ3) is 5.40. The summed E-state index contributed by atoms with van der Waals surface area (Å²) >= 11 is 16.5. The maximum atomic E-state index is 12.6. The normalized spacial score (nSPS) is 12.9. The van der Waals surface area contributed by atoms with Gasteiger partial charge in [-0.1, -0.05) is 23.2 Å². The molecule has 1 aliphatic carbocycles. The molecule has 176 valence electrons. The molecule has 0 aliphatic heterocycles. The summed E-state index contributed by atoms with van der Waals surface area (Å²) in [7, 11) is 1.61. The van der Waals surface area contributed by atoms with Gasteiger partial charge in [0.15, 0.2) is 11.4 Å². The van der Waals surface area contributed by atoms with Crippen LogP contribution in [0, 0.1) is 12.8 Å². The van der Waals surface area contributed by atoms with Gasteiger partial charge in [0.05, 0.1) is 22.9 Å². The molecule has 33 heavy (non-hydrogen) atoms. The Balaban J connectivity index is 0.00000306. The average Bonchev–Trinajstić information content (AvgIpc) is 3.58. The second-order valence-electron chi connectivity index (χ2n) is 7.65. The molecule has 1 aliphatic rings. The summed E-state index contributed by atoms with van der Waals surface area (Å²) in [5, 5.41) is 3.41. The van der Waals surface area contributed by atoms with E-state index < -0.39 is 0 Å². The number of halogens is 4. The minimum atomic E-state index is -0.280. The smallest absolute Gasteiger partial charge is 0.246 e. The fourth-order valence-electron chi connectivity index (χ4n) is 3.27. The highest BCUT2D eigenvalue weighted by Gasteiger charge is 2.30. The first-order chi connectivity index (χ1) is 15.3. The standard InChI is InChI=1S/C22H21BrCl2N4O3.ClH/c1-12-20(23)29-9-3-4-17(21(29)27-12)32-11-14-15(24)7-8-16(19(14)25)28(2)18(30)10-26-22(31)13-5-6-13;/h3-4,7-9,13H,5-6,10-11H2,1-2H3,(H,26,31);1H. The van der Waals surface area contributed by atoms with E-state index in [0.717, 1.165) is 23.1 Å². The first-order valence-corrected chi connectivity index (χ1v) is 11.6. The predicted octanol–water partition coefficient (Wildman–Crippen LogP) is 5.20. The van der Waals surface area contributed by atoms with Crippen LogP contribution < -0.4 is 15.0 Å². The molecule has 2 aromatic heterocycles. The molecule has 11 heteroatoms. The summed E-state index contributed by atoms with van der Waals surface area (Å²) in [6.07, 6.45) is 3.64. The predicted molar refractivity (Wildman–Crippen MR) is 135 cm³/mol. The molecule has 1 fully saturated rings. The Hall–Kier alpha value is -2.00. The van der Waals surface area contributed by atoms with Crippen LogP contribution in [0.15, 0.2) is 35.1 Å². The maximum absolute atomic E-state index is 12.6. The molecule has 1 aromatic carbocycles. The van der Waals surface area contributed by atoms with E-state index in [9.17, 15) is 9.59 Å². The van der Waals surface area contributed by atoms with Crippen molar-refractivity contribution in [2.75, 3.05) is 18.5 Å². The highest BCUT2D eigenvalue weighted by atomic mass is 79.9. The van der Waals surface area contributed by atoms with Crippen molar-refractivity contribution >= 4 is 74.7 Å². The van der Waals surface area contributed by atoms with Crippen molar-refractivity contribution in [3.8, 4) is 5.75 Å². The molecule has 0 unspecified atom stereocenters. The Morgan fingerprint density at radius 2 is 2.03 bits per heavy atom. The lowest BCUT2D eigenvalue weighted by atomic mass is 10.2. The Morgan fingerprint density at radius 3 is 2.73 bits per heavy atom. The number of nitrogens with zero attached hydrogens (tertiary/aromatic N) is 3. The fourth-order valence-corrected chi connectivity index (χ4v) is 4.25. The van der Waals surface area contributed by atoms with Crippen LogP contribution >= 0.6 is 51.5 Å². The number of likely N-dealkylation sites (N-methyl/N-ethyl adjacent to an activating group) is 1. The number of aryl methyl sites for hydroxylation is 1. The highest BCUT2D eigenvalue weighted by molar-refractivity contribution is 9.10. The second-order valence-corrected chi connectivity index (χ2v) is 9.18. The number of hydrogen-bond donors (Lipinski definition) is 1. The molecular weight excluding hydrogens is 555 g/mol. The average molecular weight is 577 g/mol. The van der Waals surface area contributed by atoms with Gasteiger partial charge in [-0.25, -0.2) is 4.98 Å². The Labute approximate surface area is 215 Å². The van der Waals surface area contributed by atoms with E-state index >= 15 is 0 Å². The number of rotatable bonds is 7. The summed E-state index contributed by atoms with van der Waals surface area (Å²) in [5.74, 6) is 0.252. The molecule has 1 N–H and O–H groups in total. The number of imidazole rings is 1. The summed E-state index contributed by atoms with van der Waals surface area (Å²) in [6.45, 7) is 1.90. The molecule has 7 nitrogen and oxygen atoms in total. The third-order valence-electron chi connectivity index (χ3n) is 5.35. The molecule has 0 spiro atoms. The van der Waals surface area contributed by atoms with Gasteiger partial charge >= 0.3 is 0 Å². The lowest BCUT2D eigenvalue weighted by molar-refractivity contribution is -0.125. The Morgan fingerprint density at radius 1 is 1.30 bits per heavy atom. The van der Waals surface area contributed by atoms with Crippen LogP contribution in [-0.2, 0) is 16.2 Å². The van der Waals surface area contributed by atoms with Crippen LogP contribution in [0.2, 0.25) is 10.0 Å². The zero-order valence-electron chi connectivity index (χ0n) is 17.9. The number of fused-ring (bicyclic) bond motifs is 1. The lowest BCUT2D eigenvalue weighted by Crippen LogP contribution is -2.38. The summed E-state index contributed by atoms with van der Waals surface area (Å²) in [6, 6.07) is 7.02. The van der Waals surface area contributed by atoms with Gasteiger partial charge in [-0.3, -0.25) is 14.0 Å². The van der Waals surface area contributed by atoms with E-state index in [1.807, 2.05) is 29.7 Å². The van der Waals surface area contributed by atoms with Crippen molar-refractivity contribution < 1.29 is 14.3 Å². The number of carbonyl (C=O) groups is 2. The number of amides is 2. The van der Waals surface area contributed by atoms with Crippen LogP contribution in [0.3, 0.4) is 0 Å². The molecule has 0 saturated heterocycles. The van der Waals surface area contributed by atoms with Crippen LogP contribution in [0.4, 0.5) is 5.69 Å². The number of pyridine rings is 1. The molecule has 4 rings (SSSR count). The Kier molecular flexibility index (Phi) is 8.16. The number of ether oxygens (including phenoxy) is 1. The molecular formula is C22H22BrCl3N4O3. The van der Waals surface area contributed by atoms with Crippen molar-refractivity contribution in [3.63, 3.8) is 0 Å². The molecule has 1 saturated carbocycles. The van der Waals surface area contributed by atoms with Gasteiger partial charge in [0.2, 0.25) is 11.8 Å². The number of aromatic nitrogens is 2. The number of carbonyl (C=O) groups excluding carboxylic acids is 2. The van der Waals surface area contributed by atoms with Gasteiger partial charge in [0, 0.05) is 29.7 Å². The highest BCUT2D eigenvalue weighted by Crippen LogP contribution is 2.35. The van der Waals surface area contributed by atoms with E-state index in [4.69, 9.17) is 27.9 Å². The molecule has 0 atom stereocenters. The largest absolute Gasteiger partial charge is 0.485 e. The van der Waals surface area contributed by atoms with Crippen molar-refractivity contribution in [2.24, 2.45) is 5.92 Å². The van der Waals surface area contributed by atoms with E-state index in [1.54, 1.807) is 19.2 Å². The second kappa shape index (κ2) is 10.5. The summed E-state index contributed by atoms with van der Waals surface area (Å²) in [4.78, 5) is 30.3. The number of benzene rings is 1. The molecule has 0 radical (unpaired) electrons. The van der Waals surface area contributed by atoms with Crippen LogP contribution in [0.5, 0.6) is 5.75 Å². The third-order valence-corrected chi connectivity index (χ3v) is 7.08. The van der Waals surface area contributed by atoms with Crippen LogP contribution in [0.25, 0.3) is 5.65 Å². The molecule has 0 bridgehead atoms. The quantitative estimate of drug-likeness (QED) is 0.420. The molecule has 3 aromatic rings. The van der Waals surface area contributed by atoms with Gasteiger partial charge in [-0.05, 0) is 60.0 Å². The zero-order valence-corrected chi connectivity index (χ0v) is 21.8. The van der Waals surface area contributed by atoms with Gasteiger partial charge in [0.1, 0.15) is 11.2 Å². The van der Waals surface area contributed by atoms with Gasteiger partial charge in [0.25, 0.3) is 0 Å². The van der Waals surface area contributed by atoms with E-state index in [2.05, 4.69) is 26.2 Å². The minimum absolute atomic E-state index is 0. The van der Waals surface area contributed by atoms with Crippen molar-refractivity contribution in [1.82, 2.24) is 14.7 Å². The molecule has 2 amide bonds.